The molecule has 188 valence electrons. The summed E-state index contributed by atoms with van der Waals surface area (Å²) in [5, 5.41) is 2.69. The van der Waals surface area contributed by atoms with E-state index in [-0.39, 0.29) is 12.1 Å². The van der Waals surface area contributed by atoms with Gasteiger partial charge in [0.05, 0.1) is 22.9 Å². The Kier molecular flexibility index (Phi) is 7.02. The number of halogens is 6. The SMILES string of the molecule is O=C(OC(Cc1cccc(C(F)(F)F)c1)NCc1ccc(-c2ccc3nc[nH]c3c2)cc1)C(F)(F)F. The number of hydrogen-bond acceptors (Lipinski definition) is 4. The molecule has 4 aromatic rings. The van der Waals surface area contributed by atoms with Gasteiger partial charge < -0.3 is 9.72 Å². The summed E-state index contributed by atoms with van der Waals surface area (Å²) in [7, 11) is 0. The van der Waals surface area contributed by atoms with E-state index in [4.69, 9.17) is 0 Å². The summed E-state index contributed by atoms with van der Waals surface area (Å²) in [6.45, 7) is 0.00856. The molecule has 0 aliphatic heterocycles. The van der Waals surface area contributed by atoms with Gasteiger partial charge in [-0.1, -0.05) is 48.5 Å². The summed E-state index contributed by atoms with van der Waals surface area (Å²) in [5.74, 6) is -2.43. The van der Waals surface area contributed by atoms with E-state index in [0.717, 1.165) is 40.4 Å². The highest BCUT2D eigenvalue weighted by molar-refractivity contribution is 5.81. The van der Waals surface area contributed by atoms with E-state index in [1.807, 2.05) is 30.3 Å². The van der Waals surface area contributed by atoms with Crippen LogP contribution in [-0.2, 0) is 28.7 Å². The molecule has 1 heterocycles. The molecule has 0 bridgehead atoms. The number of ether oxygens (including phenoxy) is 1. The summed E-state index contributed by atoms with van der Waals surface area (Å²) >= 11 is 0. The highest BCUT2D eigenvalue weighted by Crippen LogP contribution is 2.30. The molecule has 0 radical (unpaired) electrons. The first kappa shape index (κ1) is 25.2. The molecule has 0 spiro atoms. The van der Waals surface area contributed by atoms with Crippen molar-refractivity contribution in [3.8, 4) is 11.1 Å². The number of aromatic nitrogens is 2. The maximum absolute atomic E-state index is 13.0. The molecule has 0 amide bonds. The lowest BCUT2D eigenvalue weighted by Crippen LogP contribution is -2.39. The van der Waals surface area contributed by atoms with Gasteiger partial charge in [-0.05, 0) is 40.5 Å². The maximum atomic E-state index is 13.0. The zero-order chi connectivity index (χ0) is 25.9. The predicted molar refractivity (Wildman–Crippen MR) is 119 cm³/mol. The molecule has 1 aromatic heterocycles. The van der Waals surface area contributed by atoms with Crippen LogP contribution in [0.25, 0.3) is 22.2 Å². The van der Waals surface area contributed by atoms with Gasteiger partial charge in [0, 0.05) is 13.0 Å². The molecular formula is C25H19F6N3O2. The van der Waals surface area contributed by atoms with Crippen LogP contribution in [0.2, 0.25) is 0 Å². The van der Waals surface area contributed by atoms with Crippen molar-refractivity contribution in [2.45, 2.75) is 31.5 Å². The van der Waals surface area contributed by atoms with Gasteiger partial charge in [0.1, 0.15) is 0 Å². The normalized spacial score (nSPS) is 13.1. The Morgan fingerprint density at radius 1 is 0.917 bits per heavy atom. The topological polar surface area (TPSA) is 67.0 Å². The summed E-state index contributed by atoms with van der Waals surface area (Å²) in [4.78, 5) is 18.6. The minimum Gasteiger partial charge on any atom is -0.440 e. The largest absolute Gasteiger partial charge is 0.490 e. The highest BCUT2D eigenvalue weighted by Gasteiger charge is 2.42. The van der Waals surface area contributed by atoms with Gasteiger partial charge in [-0.15, -0.1) is 0 Å². The first-order valence-corrected chi connectivity index (χ1v) is 10.7. The molecule has 0 aliphatic rings. The molecule has 1 atom stereocenters. The average Bonchev–Trinajstić information content (AvgIpc) is 3.30. The number of hydrogen-bond donors (Lipinski definition) is 2. The second-order valence-corrected chi connectivity index (χ2v) is 8.01. The number of nitrogens with one attached hydrogen (secondary N) is 2. The van der Waals surface area contributed by atoms with Gasteiger partial charge in [-0.3, -0.25) is 5.32 Å². The lowest BCUT2D eigenvalue weighted by Gasteiger charge is -2.21. The van der Waals surface area contributed by atoms with Gasteiger partial charge in [0.15, 0.2) is 6.23 Å². The predicted octanol–water partition coefficient (Wildman–Crippen LogP) is 6.01. The fraction of sp³-hybridized carbons (Fsp3) is 0.200. The summed E-state index contributed by atoms with van der Waals surface area (Å²) in [5.41, 5.74) is 3.26. The number of fused-ring (bicyclic) bond motifs is 1. The maximum Gasteiger partial charge on any atom is 0.490 e. The Morgan fingerprint density at radius 3 is 2.33 bits per heavy atom. The Hall–Kier alpha value is -3.86. The van der Waals surface area contributed by atoms with Gasteiger partial charge in [-0.2, -0.15) is 26.3 Å². The van der Waals surface area contributed by atoms with E-state index in [2.05, 4.69) is 20.0 Å². The van der Waals surface area contributed by atoms with Crippen LogP contribution < -0.4 is 5.32 Å². The van der Waals surface area contributed by atoms with Crippen LogP contribution in [0.4, 0.5) is 26.3 Å². The van der Waals surface area contributed by atoms with Crippen LogP contribution >= 0.6 is 0 Å². The number of esters is 1. The molecule has 2 N–H and O–H groups in total. The third-order valence-corrected chi connectivity index (χ3v) is 5.40. The number of benzene rings is 3. The molecule has 0 saturated heterocycles. The van der Waals surface area contributed by atoms with Crippen molar-refractivity contribution < 1.29 is 35.9 Å². The number of nitrogens with zero attached hydrogens (tertiary/aromatic N) is 1. The van der Waals surface area contributed by atoms with Gasteiger partial charge in [-0.25, -0.2) is 9.78 Å². The molecule has 0 saturated carbocycles. The van der Waals surface area contributed by atoms with Crippen LogP contribution in [0.3, 0.4) is 0 Å². The number of H-pyrrole nitrogens is 1. The van der Waals surface area contributed by atoms with E-state index < -0.39 is 36.5 Å². The molecule has 5 nitrogen and oxygen atoms in total. The van der Waals surface area contributed by atoms with Crippen molar-refractivity contribution in [2.24, 2.45) is 0 Å². The van der Waals surface area contributed by atoms with Crippen molar-refractivity contribution in [1.29, 1.82) is 0 Å². The van der Waals surface area contributed by atoms with Crippen molar-refractivity contribution in [2.75, 3.05) is 0 Å². The van der Waals surface area contributed by atoms with Crippen molar-refractivity contribution >= 4 is 17.0 Å². The standard InChI is InChI=1S/C25H19F6N3O2/c26-24(27,28)19-3-1-2-16(10-19)11-22(36-23(35)25(29,30)31)32-13-15-4-6-17(7-5-15)18-8-9-20-21(12-18)34-14-33-20/h1-10,12,14,22,32H,11,13H2,(H,33,34). The van der Waals surface area contributed by atoms with Crippen LogP contribution in [0.15, 0.2) is 73.1 Å². The van der Waals surface area contributed by atoms with E-state index in [9.17, 15) is 31.1 Å². The minimum absolute atomic E-state index is 0.00856. The molecular weight excluding hydrogens is 488 g/mol. The Bertz CT molecular complexity index is 1350. The third-order valence-electron chi connectivity index (χ3n) is 5.40. The lowest BCUT2D eigenvalue weighted by atomic mass is 10.0. The minimum atomic E-state index is -5.24. The molecule has 4 rings (SSSR count). The molecule has 36 heavy (non-hydrogen) atoms. The quantitative estimate of drug-likeness (QED) is 0.183. The molecule has 3 aromatic carbocycles. The smallest absolute Gasteiger partial charge is 0.440 e. The van der Waals surface area contributed by atoms with E-state index in [0.29, 0.717) is 5.56 Å². The molecule has 11 heteroatoms. The third kappa shape index (κ3) is 6.22. The van der Waals surface area contributed by atoms with Crippen molar-refractivity contribution in [3.63, 3.8) is 0 Å². The number of imidazole rings is 1. The summed E-state index contributed by atoms with van der Waals surface area (Å²) in [6, 6.07) is 16.9. The van der Waals surface area contributed by atoms with Crippen LogP contribution in [-0.4, -0.2) is 28.3 Å². The van der Waals surface area contributed by atoms with Gasteiger partial charge in [0.2, 0.25) is 0 Å². The molecule has 0 aliphatic carbocycles. The molecule has 0 fully saturated rings. The number of carbonyl (C=O) groups is 1. The Balaban J connectivity index is 1.47. The average molecular weight is 507 g/mol. The fourth-order valence-electron chi connectivity index (χ4n) is 3.60. The summed E-state index contributed by atoms with van der Waals surface area (Å²) in [6.07, 6.45) is -10.2. The zero-order valence-electron chi connectivity index (χ0n) is 18.5. The number of aromatic amines is 1. The molecule has 1 unspecified atom stereocenters. The lowest BCUT2D eigenvalue weighted by molar-refractivity contribution is -0.206. The van der Waals surface area contributed by atoms with Gasteiger partial charge in [0.25, 0.3) is 0 Å². The van der Waals surface area contributed by atoms with Gasteiger partial charge >= 0.3 is 18.3 Å². The number of rotatable bonds is 7. The second kappa shape index (κ2) is 10.0. The second-order valence-electron chi connectivity index (χ2n) is 8.01. The fourth-order valence-corrected chi connectivity index (χ4v) is 3.60. The summed E-state index contributed by atoms with van der Waals surface area (Å²) < 4.78 is 81.8. The first-order chi connectivity index (χ1) is 17.0. The highest BCUT2D eigenvalue weighted by atomic mass is 19.4. The Labute approximate surface area is 201 Å². The van der Waals surface area contributed by atoms with E-state index in [1.165, 1.54) is 6.07 Å². The Morgan fingerprint density at radius 2 is 1.64 bits per heavy atom. The van der Waals surface area contributed by atoms with Crippen molar-refractivity contribution in [3.05, 3.63) is 89.7 Å². The zero-order valence-corrected chi connectivity index (χ0v) is 18.5. The first-order valence-electron chi connectivity index (χ1n) is 10.7. The van der Waals surface area contributed by atoms with E-state index in [1.54, 1.807) is 18.5 Å². The van der Waals surface area contributed by atoms with Crippen molar-refractivity contribution in [1.82, 2.24) is 15.3 Å². The van der Waals surface area contributed by atoms with Crippen LogP contribution in [0.1, 0.15) is 16.7 Å². The monoisotopic (exact) mass is 507 g/mol. The van der Waals surface area contributed by atoms with Crippen LogP contribution in [0, 0.1) is 0 Å². The van der Waals surface area contributed by atoms with Crippen LogP contribution in [0.5, 0.6) is 0 Å². The van der Waals surface area contributed by atoms with E-state index >= 15 is 0 Å². The number of alkyl halides is 6. The number of carbonyl (C=O) groups excluding carboxylic acids is 1.